The Hall–Kier alpha value is -1.24. The molecule has 1 heterocycles. The van der Waals surface area contributed by atoms with Gasteiger partial charge in [-0.15, -0.1) is 0 Å². The van der Waals surface area contributed by atoms with Crippen LogP contribution in [0.4, 0.5) is 29.1 Å². The second-order valence-corrected chi connectivity index (χ2v) is 3.44. The molecule has 1 rings (SSSR count). The number of nitrogens with one attached hydrogen (secondary N) is 1. The number of hydrogen-bond donors (Lipinski definition) is 2. The SMILES string of the molecule is Nc1cc(Cl)cnc1NCC(F)(F)C(F)F. The molecule has 1 aromatic heterocycles. The third-order valence-electron chi connectivity index (χ3n) is 1.69. The molecule has 0 saturated heterocycles. The van der Waals surface area contributed by atoms with E-state index in [0.29, 0.717) is 0 Å². The molecule has 8 heteroatoms. The second kappa shape index (κ2) is 4.73. The van der Waals surface area contributed by atoms with E-state index in [1.165, 1.54) is 12.3 Å². The molecule has 0 fully saturated rings. The quantitative estimate of drug-likeness (QED) is 0.816. The van der Waals surface area contributed by atoms with Gasteiger partial charge < -0.3 is 11.1 Å². The molecule has 0 saturated carbocycles. The van der Waals surface area contributed by atoms with Crippen LogP contribution in [0.15, 0.2) is 12.3 Å². The Labute approximate surface area is 93.6 Å². The van der Waals surface area contributed by atoms with Crippen molar-refractivity contribution in [3.05, 3.63) is 17.3 Å². The number of pyridine rings is 1. The van der Waals surface area contributed by atoms with Crippen molar-refractivity contribution in [2.75, 3.05) is 17.6 Å². The lowest BCUT2D eigenvalue weighted by molar-refractivity contribution is -0.117. The summed E-state index contributed by atoms with van der Waals surface area (Å²) in [5.41, 5.74) is 5.40. The summed E-state index contributed by atoms with van der Waals surface area (Å²) in [4.78, 5) is 3.59. The van der Waals surface area contributed by atoms with Gasteiger partial charge in [0, 0.05) is 6.20 Å². The summed E-state index contributed by atoms with van der Waals surface area (Å²) < 4.78 is 48.7. The molecule has 0 amide bonds. The lowest BCUT2D eigenvalue weighted by Crippen LogP contribution is -2.35. The molecule has 16 heavy (non-hydrogen) atoms. The maximum Gasteiger partial charge on any atom is 0.324 e. The predicted molar refractivity (Wildman–Crippen MR) is 53.1 cm³/mol. The number of nitrogen functional groups attached to an aromatic ring is 1. The molecule has 0 aliphatic carbocycles. The lowest BCUT2D eigenvalue weighted by atomic mass is 10.3. The van der Waals surface area contributed by atoms with Crippen LogP contribution in [0.3, 0.4) is 0 Å². The highest BCUT2D eigenvalue weighted by atomic mass is 35.5. The number of hydrogen-bond acceptors (Lipinski definition) is 3. The van der Waals surface area contributed by atoms with Crippen LogP contribution in [0.5, 0.6) is 0 Å². The lowest BCUT2D eigenvalue weighted by Gasteiger charge is -2.16. The van der Waals surface area contributed by atoms with Gasteiger partial charge in [-0.25, -0.2) is 13.8 Å². The van der Waals surface area contributed by atoms with Crippen LogP contribution in [0.1, 0.15) is 0 Å². The van der Waals surface area contributed by atoms with E-state index in [1.54, 1.807) is 0 Å². The fraction of sp³-hybridized carbons (Fsp3) is 0.375. The van der Waals surface area contributed by atoms with Gasteiger partial charge in [-0.2, -0.15) is 8.78 Å². The van der Waals surface area contributed by atoms with E-state index >= 15 is 0 Å². The summed E-state index contributed by atoms with van der Waals surface area (Å²) in [7, 11) is 0. The first-order valence-corrected chi connectivity index (χ1v) is 4.51. The monoisotopic (exact) mass is 257 g/mol. The number of nitrogens with two attached hydrogens (primary N) is 1. The van der Waals surface area contributed by atoms with Crippen LogP contribution < -0.4 is 11.1 Å². The molecule has 0 aliphatic heterocycles. The number of anilines is 2. The molecule has 90 valence electrons. The minimum atomic E-state index is -4.13. The van der Waals surface area contributed by atoms with Gasteiger partial charge in [0.25, 0.3) is 0 Å². The van der Waals surface area contributed by atoms with Gasteiger partial charge >= 0.3 is 12.3 Å². The summed E-state index contributed by atoms with van der Waals surface area (Å²) in [6, 6.07) is 1.28. The van der Waals surface area contributed by atoms with Crippen molar-refractivity contribution in [3.8, 4) is 0 Å². The Morgan fingerprint density at radius 3 is 2.62 bits per heavy atom. The highest BCUT2D eigenvalue weighted by Gasteiger charge is 2.40. The molecule has 0 spiro atoms. The molecule has 0 bridgehead atoms. The van der Waals surface area contributed by atoms with Crippen LogP contribution in [-0.4, -0.2) is 23.9 Å². The van der Waals surface area contributed by atoms with E-state index in [2.05, 4.69) is 4.98 Å². The molecule has 0 aliphatic rings. The molecular weight excluding hydrogens is 250 g/mol. The number of halogens is 5. The second-order valence-electron chi connectivity index (χ2n) is 3.01. The predicted octanol–water partition coefficient (Wildman–Crippen LogP) is 2.63. The topological polar surface area (TPSA) is 50.9 Å². The van der Waals surface area contributed by atoms with E-state index < -0.39 is 18.9 Å². The third kappa shape index (κ3) is 3.13. The van der Waals surface area contributed by atoms with Crippen molar-refractivity contribution >= 4 is 23.1 Å². The largest absolute Gasteiger partial charge is 0.396 e. The molecule has 0 radical (unpaired) electrons. The zero-order chi connectivity index (χ0) is 12.3. The number of alkyl halides is 4. The molecule has 3 nitrogen and oxygen atoms in total. The smallest absolute Gasteiger partial charge is 0.324 e. The first-order valence-electron chi connectivity index (χ1n) is 4.14. The van der Waals surface area contributed by atoms with E-state index in [1.807, 2.05) is 5.32 Å². The molecule has 0 atom stereocenters. The van der Waals surface area contributed by atoms with E-state index in [0.717, 1.165) is 0 Å². The Morgan fingerprint density at radius 1 is 1.50 bits per heavy atom. The Balaban J connectivity index is 2.68. The summed E-state index contributed by atoms with van der Waals surface area (Å²) in [5, 5.41) is 2.26. The zero-order valence-corrected chi connectivity index (χ0v) is 8.61. The normalized spacial score (nSPS) is 11.9. The van der Waals surface area contributed by atoms with Gasteiger partial charge in [-0.05, 0) is 6.07 Å². The summed E-state index contributed by atoms with van der Waals surface area (Å²) in [6.07, 6.45) is -2.57. The van der Waals surface area contributed by atoms with E-state index in [9.17, 15) is 17.6 Å². The molecule has 1 aromatic rings. The maximum atomic E-state index is 12.5. The molecular formula is C8H8ClF4N3. The summed E-state index contributed by atoms with van der Waals surface area (Å²) in [6.45, 7) is -1.25. The number of aromatic nitrogens is 1. The van der Waals surface area contributed by atoms with Crippen molar-refractivity contribution in [1.29, 1.82) is 0 Å². The molecule has 0 aromatic carbocycles. The van der Waals surface area contributed by atoms with Crippen molar-refractivity contribution in [3.63, 3.8) is 0 Å². The van der Waals surface area contributed by atoms with Gasteiger partial charge in [0.05, 0.1) is 17.3 Å². The van der Waals surface area contributed by atoms with Crippen LogP contribution in [0.25, 0.3) is 0 Å². The van der Waals surface area contributed by atoms with Crippen molar-refractivity contribution < 1.29 is 17.6 Å². The van der Waals surface area contributed by atoms with Crippen LogP contribution >= 0.6 is 11.6 Å². The van der Waals surface area contributed by atoms with Gasteiger partial charge in [-0.3, -0.25) is 0 Å². The zero-order valence-electron chi connectivity index (χ0n) is 7.85. The average Bonchev–Trinajstić information content (AvgIpc) is 2.16. The van der Waals surface area contributed by atoms with E-state index in [-0.39, 0.29) is 16.5 Å². The third-order valence-corrected chi connectivity index (χ3v) is 1.90. The highest BCUT2D eigenvalue weighted by Crippen LogP contribution is 2.25. The first kappa shape index (κ1) is 12.8. The Morgan fingerprint density at radius 2 is 2.12 bits per heavy atom. The Kier molecular flexibility index (Phi) is 3.79. The highest BCUT2D eigenvalue weighted by molar-refractivity contribution is 6.30. The van der Waals surface area contributed by atoms with Gasteiger partial charge in [0.2, 0.25) is 0 Å². The van der Waals surface area contributed by atoms with Gasteiger partial charge in [-0.1, -0.05) is 11.6 Å². The minimum Gasteiger partial charge on any atom is -0.396 e. The fourth-order valence-corrected chi connectivity index (χ4v) is 1.05. The standard InChI is InChI=1S/C8H8ClF4N3/c9-4-1-5(14)6(15-2-4)16-3-8(12,13)7(10)11/h1-2,7H,3,14H2,(H,15,16). The fourth-order valence-electron chi connectivity index (χ4n) is 0.881. The maximum absolute atomic E-state index is 12.5. The van der Waals surface area contributed by atoms with Crippen molar-refractivity contribution in [2.45, 2.75) is 12.3 Å². The number of nitrogens with zero attached hydrogens (tertiary/aromatic N) is 1. The Bertz CT molecular complexity index is 372. The van der Waals surface area contributed by atoms with E-state index in [4.69, 9.17) is 17.3 Å². The van der Waals surface area contributed by atoms with Crippen molar-refractivity contribution in [2.24, 2.45) is 0 Å². The van der Waals surface area contributed by atoms with Crippen LogP contribution in [0.2, 0.25) is 5.02 Å². The molecule has 3 N–H and O–H groups in total. The van der Waals surface area contributed by atoms with Crippen molar-refractivity contribution in [1.82, 2.24) is 4.98 Å². The molecule has 0 unspecified atom stereocenters. The average molecular weight is 258 g/mol. The number of rotatable bonds is 4. The van der Waals surface area contributed by atoms with Crippen LogP contribution in [0, 0.1) is 0 Å². The summed E-state index contributed by atoms with van der Waals surface area (Å²) in [5.74, 6) is -4.24. The minimum absolute atomic E-state index is 0.0116. The first-order chi connectivity index (χ1) is 7.33. The van der Waals surface area contributed by atoms with Gasteiger partial charge in [0.15, 0.2) is 0 Å². The van der Waals surface area contributed by atoms with Crippen LogP contribution in [-0.2, 0) is 0 Å². The van der Waals surface area contributed by atoms with Gasteiger partial charge in [0.1, 0.15) is 5.82 Å². The summed E-state index contributed by atoms with van der Waals surface area (Å²) >= 11 is 5.52.